The molecule has 0 aromatic carbocycles. The maximum absolute atomic E-state index is 4.46. The lowest BCUT2D eigenvalue weighted by Gasteiger charge is -1.98. The molecule has 0 N–H and O–H groups in total. The van der Waals surface area contributed by atoms with Gasteiger partial charge in [-0.05, 0) is 28.4 Å². The molecule has 3 nitrogen and oxygen atoms in total. The predicted octanol–water partition coefficient (Wildman–Crippen LogP) is 3.38. The molecular weight excluding hydrogens is 254 g/mol. The number of aromatic nitrogens is 3. The molecule has 2 rings (SSSR count). The molecule has 0 aliphatic rings. The molecule has 0 unspecified atom stereocenters. The monoisotopic (exact) mass is 267 g/mol. The second-order valence-electron chi connectivity index (χ2n) is 3.67. The molecule has 15 heavy (non-hydrogen) atoms. The fraction of sp³-hybridized carbons (Fsp3) is 0.455. The molecule has 0 saturated carbocycles. The summed E-state index contributed by atoms with van der Waals surface area (Å²) in [5.74, 6) is 0. The van der Waals surface area contributed by atoms with Crippen LogP contribution in [0.3, 0.4) is 0 Å². The molecule has 0 aliphatic carbocycles. The third-order valence-corrected chi connectivity index (χ3v) is 2.83. The molecule has 4 heteroatoms. The first-order chi connectivity index (χ1) is 7.29. The van der Waals surface area contributed by atoms with Crippen LogP contribution in [0, 0.1) is 0 Å². The van der Waals surface area contributed by atoms with E-state index in [2.05, 4.69) is 39.1 Å². The van der Waals surface area contributed by atoms with Crippen LogP contribution in [0.4, 0.5) is 0 Å². The molecule has 0 saturated heterocycles. The van der Waals surface area contributed by atoms with Gasteiger partial charge in [0.2, 0.25) is 0 Å². The first kappa shape index (κ1) is 10.6. The molecule has 0 fully saturated rings. The Kier molecular flexibility index (Phi) is 3.36. The highest BCUT2D eigenvalue weighted by atomic mass is 79.9. The number of fused-ring (bicyclic) bond motifs is 1. The van der Waals surface area contributed by atoms with Crippen molar-refractivity contribution in [2.24, 2.45) is 0 Å². The Hall–Kier alpha value is -0.900. The fourth-order valence-electron chi connectivity index (χ4n) is 1.59. The Morgan fingerprint density at radius 3 is 3.07 bits per heavy atom. The van der Waals surface area contributed by atoms with Crippen LogP contribution in [0.15, 0.2) is 23.1 Å². The van der Waals surface area contributed by atoms with Gasteiger partial charge in [0.25, 0.3) is 0 Å². The van der Waals surface area contributed by atoms with E-state index in [-0.39, 0.29) is 0 Å². The number of aryl methyl sites for hydroxylation is 1. The van der Waals surface area contributed by atoms with E-state index in [4.69, 9.17) is 0 Å². The molecule has 0 bridgehead atoms. The van der Waals surface area contributed by atoms with Gasteiger partial charge >= 0.3 is 0 Å². The average Bonchev–Trinajstić information content (AvgIpc) is 2.60. The summed E-state index contributed by atoms with van der Waals surface area (Å²) in [7, 11) is 0. The van der Waals surface area contributed by atoms with E-state index in [0.29, 0.717) is 0 Å². The van der Waals surface area contributed by atoms with Gasteiger partial charge in [0.05, 0.1) is 6.20 Å². The van der Waals surface area contributed by atoms with Crippen molar-refractivity contribution in [2.75, 3.05) is 0 Å². The summed E-state index contributed by atoms with van der Waals surface area (Å²) in [5.41, 5.74) is 0.967. The van der Waals surface area contributed by atoms with Crippen LogP contribution >= 0.6 is 15.9 Å². The summed E-state index contributed by atoms with van der Waals surface area (Å²) in [5, 5.41) is 5.61. The number of hydrogen-bond donors (Lipinski definition) is 0. The summed E-state index contributed by atoms with van der Waals surface area (Å²) in [6.45, 7) is 3.21. The Morgan fingerprint density at radius 2 is 2.27 bits per heavy atom. The summed E-state index contributed by atoms with van der Waals surface area (Å²) >= 11 is 3.36. The van der Waals surface area contributed by atoms with Crippen molar-refractivity contribution in [1.82, 2.24) is 14.8 Å². The highest BCUT2D eigenvalue weighted by molar-refractivity contribution is 9.10. The van der Waals surface area contributed by atoms with Crippen molar-refractivity contribution in [3.05, 3.63) is 23.1 Å². The molecule has 0 aliphatic heterocycles. The topological polar surface area (TPSA) is 30.7 Å². The molecule has 0 amide bonds. The second-order valence-corrected chi connectivity index (χ2v) is 4.48. The maximum Gasteiger partial charge on any atom is 0.111 e. The average molecular weight is 268 g/mol. The van der Waals surface area contributed by atoms with Crippen LogP contribution in [0.1, 0.15) is 26.2 Å². The third-order valence-electron chi connectivity index (χ3n) is 2.40. The molecule has 2 aromatic heterocycles. The van der Waals surface area contributed by atoms with Gasteiger partial charge in [0.15, 0.2) is 0 Å². The van der Waals surface area contributed by atoms with Gasteiger partial charge in [-0.25, -0.2) is 4.98 Å². The fourth-order valence-corrected chi connectivity index (χ4v) is 1.94. The molecule has 0 spiro atoms. The number of rotatable bonds is 4. The third kappa shape index (κ3) is 2.56. The van der Waals surface area contributed by atoms with Crippen molar-refractivity contribution < 1.29 is 0 Å². The van der Waals surface area contributed by atoms with Gasteiger partial charge in [0, 0.05) is 18.1 Å². The summed E-state index contributed by atoms with van der Waals surface area (Å²) in [6.07, 6.45) is 7.58. The highest BCUT2D eigenvalue weighted by Crippen LogP contribution is 2.15. The molecule has 0 atom stereocenters. The molecule has 2 heterocycles. The van der Waals surface area contributed by atoms with Gasteiger partial charge in [-0.2, -0.15) is 5.10 Å². The van der Waals surface area contributed by atoms with Crippen LogP contribution < -0.4 is 0 Å². The number of pyridine rings is 1. The van der Waals surface area contributed by atoms with Crippen LogP contribution in [0.2, 0.25) is 0 Å². The van der Waals surface area contributed by atoms with E-state index < -0.39 is 0 Å². The van der Waals surface area contributed by atoms with Gasteiger partial charge in [0.1, 0.15) is 10.1 Å². The van der Waals surface area contributed by atoms with Crippen molar-refractivity contribution in [3.8, 4) is 0 Å². The lowest BCUT2D eigenvalue weighted by Crippen LogP contribution is -1.97. The largest absolute Gasteiger partial charge is 0.271 e. The minimum Gasteiger partial charge on any atom is -0.271 e. The Morgan fingerprint density at radius 1 is 1.40 bits per heavy atom. The van der Waals surface area contributed by atoms with E-state index in [0.717, 1.165) is 22.1 Å². The summed E-state index contributed by atoms with van der Waals surface area (Å²) in [6, 6.07) is 2.00. The molecule has 2 aromatic rings. The Balaban J connectivity index is 2.16. The molecule has 0 radical (unpaired) electrons. The molecular formula is C11H14BrN3. The van der Waals surface area contributed by atoms with Crippen molar-refractivity contribution in [2.45, 2.75) is 32.7 Å². The van der Waals surface area contributed by atoms with Gasteiger partial charge < -0.3 is 0 Å². The van der Waals surface area contributed by atoms with Crippen molar-refractivity contribution in [3.63, 3.8) is 0 Å². The predicted molar refractivity (Wildman–Crippen MR) is 64.8 cm³/mol. The summed E-state index contributed by atoms with van der Waals surface area (Å²) in [4.78, 5) is 4.16. The maximum atomic E-state index is 4.46. The smallest absolute Gasteiger partial charge is 0.111 e. The van der Waals surface area contributed by atoms with Crippen LogP contribution in [-0.4, -0.2) is 14.8 Å². The zero-order valence-electron chi connectivity index (χ0n) is 8.78. The van der Waals surface area contributed by atoms with Crippen molar-refractivity contribution in [1.29, 1.82) is 0 Å². The number of nitrogens with zero attached hydrogens (tertiary/aromatic N) is 3. The number of hydrogen-bond acceptors (Lipinski definition) is 2. The highest BCUT2D eigenvalue weighted by Gasteiger charge is 2.01. The number of halogens is 1. The minimum atomic E-state index is 0.864. The number of unbranched alkanes of at least 4 members (excludes halogenated alkanes) is 2. The Labute approximate surface area is 97.6 Å². The zero-order chi connectivity index (χ0) is 10.7. The van der Waals surface area contributed by atoms with E-state index in [1.165, 1.54) is 19.3 Å². The first-order valence-electron chi connectivity index (χ1n) is 5.28. The van der Waals surface area contributed by atoms with Crippen LogP contribution in [0.5, 0.6) is 0 Å². The minimum absolute atomic E-state index is 0.864. The zero-order valence-corrected chi connectivity index (χ0v) is 10.4. The van der Waals surface area contributed by atoms with Crippen molar-refractivity contribution >= 4 is 26.8 Å². The van der Waals surface area contributed by atoms with Gasteiger partial charge in [-0.15, -0.1) is 0 Å². The normalized spacial score (nSPS) is 11.1. The van der Waals surface area contributed by atoms with E-state index in [1.807, 2.05) is 10.7 Å². The quantitative estimate of drug-likeness (QED) is 0.628. The van der Waals surface area contributed by atoms with E-state index >= 15 is 0 Å². The summed E-state index contributed by atoms with van der Waals surface area (Å²) < 4.78 is 2.87. The van der Waals surface area contributed by atoms with Crippen LogP contribution in [0.25, 0.3) is 10.9 Å². The van der Waals surface area contributed by atoms with Crippen LogP contribution in [-0.2, 0) is 6.54 Å². The first-order valence-corrected chi connectivity index (χ1v) is 6.07. The molecule has 80 valence electrons. The van der Waals surface area contributed by atoms with E-state index in [1.54, 1.807) is 6.20 Å². The SMILES string of the molecule is CCCCCn1cc2cc(Br)ncc2n1. The van der Waals surface area contributed by atoms with Gasteiger partial charge in [-0.1, -0.05) is 19.8 Å². The standard InChI is InChI=1S/C11H14BrN3/c1-2-3-4-5-15-8-9-6-11(12)13-7-10(9)14-15/h6-8H,2-5H2,1H3. The van der Waals surface area contributed by atoms with E-state index in [9.17, 15) is 0 Å². The van der Waals surface area contributed by atoms with Gasteiger partial charge in [-0.3, -0.25) is 4.68 Å². The second kappa shape index (κ2) is 4.75. The Bertz CT molecular complexity index is 450. The lowest BCUT2D eigenvalue weighted by atomic mass is 10.2. The lowest BCUT2D eigenvalue weighted by molar-refractivity contribution is 0.557.